The fourth-order valence-electron chi connectivity index (χ4n) is 2.02. The van der Waals surface area contributed by atoms with Crippen molar-refractivity contribution in [3.05, 3.63) is 23.0 Å². The average molecular weight is 397 g/mol. The van der Waals surface area contributed by atoms with Crippen LogP contribution in [0.3, 0.4) is 0 Å². The van der Waals surface area contributed by atoms with Gasteiger partial charge in [0.25, 0.3) is 0 Å². The quantitative estimate of drug-likeness (QED) is 0.711. The third kappa shape index (κ3) is 6.18. The summed E-state index contributed by atoms with van der Waals surface area (Å²) in [5.41, 5.74) is -1.09. The lowest BCUT2D eigenvalue weighted by Crippen LogP contribution is -2.41. The number of alkyl halides is 1. The van der Waals surface area contributed by atoms with E-state index in [0.717, 1.165) is 6.92 Å². The molecule has 0 bridgehead atoms. The minimum atomic E-state index is -4.14. The lowest BCUT2D eigenvalue weighted by Gasteiger charge is -2.24. The molecule has 1 rings (SSSR count). The van der Waals surface area contributed by atoms with Gasteiger partial charge in [0.15, 0.2) is 6.10 Å². The topological polar surface area (TPSA) is 94.6 Å². The van der Waals surface area contributed by atoms with Gasteiger partial charge in [-0.05, 0) is 33.8 Å². The molecule has 0 aromatic carbocycles. The van der Waals surface area contributed by atoms with Crippen LogP contribution in [0.25, 0.3) is 0 Å². The number of sulfonamides is 1. The van der Waals surface area contributed by atoms with E-state index in [1.54, 1.807) is 20.8 Å². The molecule has 2 unspecified atom stereocenters. The lowest BCUT2D eigenvalue weighted by atomic mass is 10.1. The lowest BCUT2D eigenvalue weighted by molar-refractivity contribution is -0.157. The maximum atomic E-state index is 14.1. The molecule has 1 aromatic rings. The molecule has 142 valence electrons. The molecule has 0 aliphatic heterocycles. The third-order valence-corrected chi connectivity index (χ3v) is 5.08. The average Bonchev–Trinajstić information content (AvgIpc) is 2.41. The van der Waals surface area contributed by atoms with Gasteiger partial charge in [-0.3, -0.25) is 4.98 Å². The van der Waals surface area contributed by atoms with Crippen LogP contribution in [0, 0.1) is 0 Å². The molecule has 10 heteroatoms. The molecule has 0 aliphatic rings. The molecular formula is C15H22ClFN2O5S. The number of halogens is 2. The van der Waals surface area contributed by atoms with Crippen molar-refractivity contribution < 1.29 is 27.1 Å². The summed E-state index contributed by atoms with van der Waals surface area (Å²) in [7, 11) is -2.87. The van der Waals surface area contributed by atoms with Crippen LogP contribution in [0.4, 0.5) is 4.39 Å². The second-order valence-electron chi connectivity index (χ2n) is 6.38. The van der Waals surface area contributed by atoms with Gasteiger partial charge in [-0.15, -0.1) is 0 Å². The molecule has 7 nitrogen and oxygen atoms in total. The number of hydrogen-bond acceptors (Lipinski definition) is 6. The standard InChI is InChI=1S/C15H22ClFN2O5S/c1-9(17)13(24-11(20)8-23-5)12-14(10(16)6-7-18-12)25(21,22)19-15(2,3)4/h6-7,9,13,19H,8H2,1-5H3. The number of aromatic nitrogens is 1. The van der Waals surface area contributed by atoms with E-state index in [9.17, 15) is 17.6 Å². The summed E-state index contributed by atoms with van der Waals surface area (Å²) in [6.07, 6.45) is -2.06. The van der Waals surface area contributed by atoms with Crippen LogP contribution >= 0.6 is 11.6 Å². The van der Waals surface area contributed by atoms with Gasteiger partial charge in [0, 0.05) is 18.8 Å². The number of ether oxygens (including phenoxy) is 2. The van der Waals surface area contributed by atoms with E-state index in [1.165, 1.54) is 19.4 Å². The molecule has 0 amide bonds. The summed E-state index contributed by atoms with van der Waals surface area (Å²) in [5, 5.41) is -0.157. The first-order valence-electron chi connectivity index (χ1n) is 7.40. The van der Waals surface area contributed by atoms with Crippen molar-refractivity contribution in [2.75, 3.05) is 13.7 Å². The van der Waals surface area contributed by atoms with Crippen molar-refractivity contribution in [1.29, 1.82) is 0 Å². The maximum Gasteiger partial charge on any atom is 0.332 e. The Morgan fingerprint density at radius 2 is 2.04 bits per heavy atom. The molecule has 0 radical (unpaired) electrons. The first kappa shape index (κ1) is 21.8. The highest BCUT2D eigenvalue weighted by Gasteiger charge is 2.35. The highest BCUT2D eigenvalue weighted by molar-refractivity contribution is 7.89. The predicted octanol–water partition coefficient (Wildman–Crippen LogP) is 2.40. The fourth-order valence-corrected chi connectivity index (χ4v) is 4.16. The number of nitrogens with one attached hydrogen (secondary N) is 1. The maximum absolute atomic E-state index is 14.1. The summed E-state index contributed by atoms with van der Waals surface area (Å²) in [6.45, 7) is 5.64. The van der Waals surface area contributed by atoms with Gasteiger partial charge in [-0.1, -0.05) is 11.6 Å². The van der Waals surface area contributed by atoms with Crippen LogP contribution < -0.4 is 4.72 Å². The Bertz CT molecular complexity index is 719. The molecule has 25 heavy (non-hydrogen) atoms. The van der Waals surface area contributed by atoms with Gasteiger partial charge in [-0.2, -0.15) is 0 Å². The molecule has 0 saturated carbocycles. The van der Waals surface area contributed by atoms with Gasteiger partial charge >= 0.3 is 5.97 Å². The number of carbonyl (C=O) groups excluding carboxylic acids is 1. The van der Waals surface area contributed by atoms with E-state index in [0.29, 0.717) is 0 Å². The number of carbonyl (C=O) groups is 1. The van der Waals surface area contributed by atoms with Crippen LogP contribution in [0.2, 0.25) is 5.02 Å². The second kappa shape index (κ2) is 8.39. The molecule has 1 N–H and O–H groups in total. The molecular weight excluding hydrogens is 375 g/mol. The first-order chi connectivity index (χ1) is 11.4. The highest BCUT2D eigenvalue weighted by Crippen LogP contribution is 2.33. The largest absolute Gasteiger partial charge is 0.451 e. The van der Waals surface area contributed by atoms with E-state index >= 15 is 0 Å². The zero-order chi connectivity index (χ0) is 19.4. The molecule has 0 aliphatic carbocycles. The van der Waals surface area contributed by atoms with Crippen molar-refractivity contribution in [2.24, 2.45) is 0 Å². The number of pyridine rings is 1. The smallest absolute Gasteiger partial charge is 0.332 e. The van der Waals surface area contributed by atoms with Crippen LogP contribution in [-0.2, 0) is 24.3 Å². The normalized spacial score (nSPS) is 14.8. The van der Waals surface area contributed by atoms with E-state index in [-0.39, 0.29) is 10.7 Å². The van der Waals surface area contributed by atoms with Crippen molar-refractivity contribution >= 4 is 27.6 Å². The Morgan fingerprint density at radius 1 is 1.44 bits per heavy atom. The Balaban J connectivity index is 3.44. The summed E-state index contributed by atoms with van der Waals surface area (Å²) in [6, 6.07) is 1.26. The van der Waals surface area contributed by atoms with Crippen LogP contribution in [0.1, 0.15) is 39.5 Å². The Hall–Kier alpha value is -1.29. The van der Waals surface area contributed by atoms with E-state index in [4.69, 9.17) is 16.3 Å². The summed E-state index contributed by atoms with van der Waals surface area (Å²) in [5.74, 6) is -0.856. The van der Waals surface area contributed by atoms with Crippen molar-refractivity contribution in [2.45, 2.75) is 50.4 Å². The third-order valence-electron chi connectivity index (χ3n) is 2.80. The van der Waals surface area contributed by atoms with Crippen molar-refractivity contribution in [3.8, 4) is 0 Å². The van der Waals surface area contributed by atoms with Crippen LogP contribution in [0.15, 0.2) is 17.2 Å². The molecule has 0 fully saturated rings. The Labute approximate surface area is 151 Å². The van der Waals surface area contributed by atoms with Crippen LogP contribution in [-0.4, -0.2) is 44.8 Å². The highest BCUT2D eigenvalue weighted by atomic mass is 35.5. The van der Waals surface area contributed by atoms with E-state index in [2.05, 4.69) is 14.4 Å². The molecule has 1 aromatic heterocycles. The number of rotatable bonds is 7. The van der Waals surface area contributed by atoms with Gasteiger partial charge in [0.2, 0.25) is 10.0 Å². The van der Waals surface area contributed by atoms with E-state index < -0.39 is 45.3 Å². The molecule has 1 heterocycles. The number of esters is 1. The van der Waals surface area contributed by atoms with Crippen molar-refractivity contribution in [1.82, 2.24) is 9.71 Å². The van der Waals surface area contributed by atoms with E-state index in [1.807, 2.05) is 0 Å². The zero-order valence-electron chi connectivity index (χ0n) is 14.7. The number of hydrogen-bond donors (Lipinski definition) is 1. The molecule has 2 atom stereocenters. The summed E-state index contributed by atoms with van der Waals surface area (Å²) < 4.78 is 51.5. The SMILES string of the molecule is COCC(=O)OC(c1nccc(Cl)c1S(=O)(=O)NC(C)(C)C)C(C)F. The minimum absolute atomic E-state index is 0.157. The van der Waals surface area contributed by atoms with Gasteiger partial charge in [0.05, 0.1) is 5.02 Å². The number of methoxy groups -OCH3 is 1. The van der Waals surface area contributed by atoms with Crippen molar-refractivity contribution in [3.63, 3.8) is 0 Å². The predicted molar refractivity (Wildman–Crippen MR) is 90.6 cm³/mol. The van der Waals surface area contributed by atoms with Gasteiger partial charge in [-0.25, -0.2) is 22.3 Å². The fraction of sp³-hybridized carbons (Fsp3) is 0.600. The molecule has 0 spiro atoms. The zero-order valence-corrected chi connectivity index (χ0v) is 16.2. The van der Waals surface area contributed by atoms with Gasteiger partial charge < -0.3 is 9.47 Å². The van der Waals surface area contributed by atoms with Crippen LogP contribution in [0.5, 0.6) is 0 Å². The first-order valence-corrected chi connectivity index (χ1v) is 9.26. The summed E-state index contributed by atoms with van der Waals surface area (Å²) >= 11 is 6.04. The summed E-state index contributed by atoms with van der Waals surface area (Å²) in [4.78, 5) is 15.2. The second-order valence-corrected chi connectivity index (χ2v) is 8.41. The Kier molecular flexibility index (Phi) is 7.30. The monoisotopic (exact) mass is 396 g/mol. The molecule has 0 saturated heterocycles. The Morgan fingerprint density at radius 3 is 2.52 bits per heavy atom. The van der Waals surface area contributed by atoms with Gasteiger partial charge in [0.1, 0.15) is 23.4 Å². The minimum Gasteiger partial charge on any atom is -0.451 e. The number of nitrogens with zero attached hydrogens (tertiary/aromatic N) is 1.